The lowest BCUT2D eigenvalue weighted by Crippen LogP contribution is -2.30. The maximum absolute atomic E-state index is 12.9. The zero-order valence-electron chi connectivity index (χ0n) is 48.5. The highest BCUT2D eigenvalue weighted by molar-refractivity contribution is 5.71. The number of hydrogen-bond acceptors (Lipinski definition) is 6. The van der Waals surface area contributed by atoms with E-state index in [2.05, 4.69) is 57.2 Å². The van der Waals surface area contributed by atoms with Crippen LogP contribution in [0.5, 0.6) is 0 Å². The van der Waals surface area contributed by atoms with Crippen LogP contribution in [-0.2, 0) is 28.6 Å². The standard InChI is InChI=1S/C66H122O6/c1-4-7-10-13-16-19-22-25-27-28-29-30-31-32-33-34-35-36-37-38-39-42-44-47-50-53-56-59-65(68)71-62-63(61-70-64(67)58-55-52-49-46-43-40-24-21-18-15-12-9-6-3)72-66(69)60-57-54-51-48-45-41-26-23-20-17-14-11-8-5-2/h14,17,23,26,28-29,63H,4-13,15-16,18-22,24-25,27,30-62H2,1-3H3/b17-14-,26-23-,29-28-. The molecule has 0 heterocycles. The predicted octanol–water partition coefficient (Wildman–Crippen LogP) is 21.6. The van der Waals surface area contributed by atoms with Gasteiger partial charge < -0.3 is 14.2 Å². The average Bonchev–Trinajstić information content (AvgIpc) is 3.38. The second-order valence-corrected chi connectivity index (χ2v) is 21.7. The lowest BCUT2D eigenvalue weighted by Gasteiger charge is -2.18. The molecule has 0 aliphatic carbocycles. The molecule has 422 valence electrons. The van der Waals surface area contributed by atoms with Crippen LogP contribution in [0.25, 0.3) is 0 Å². The first-order valence-corrected chi connectivity index (χ1v) is 32.0. The van der Waals surface area contributed by atoms with Gasteiger partial charge in [0.2, 0.25) is 0 Å². The van der Waals surface area contributed by atoms with Gasteiger partial charge >= 0.3 is 17.9 Å². The molecule has 0 aromatic carbocycles. The van der Waals surface area contributed by atoms with E-state index in [9.17, 15) is 14.4 Å². The van der Waals surface area contributed by atoms with E-state index in [4.69, 9.17) is 14.2 Å². The summed E-state index contributed by atoms with van der Waals surface area (Å²) in [6.45, 7) is 6.64. The predicted molar refractivity (Wildman–Crippen MR) is 312 cm³/mol. The summed E-state index contributed by atoms with van der Waals surface area (Å²) in [7, 11) is 0. The average molecular weight is 1010 g/mol. The van der Waals surface area contributed by atoms with E-state index in [0.717, 1.165) is 83.5 Å². The molecule has 72 heavy (non-hydrogen) atoms. The molecule has 0 aromatic rings. The van der Waals surface area contributed by atoms with Gasteiger partial charge in [-0.2, -0.15) is 0 Å². The van der Waals surface area contributed by atoms with Gasteiger partial charge in [-0.05, 0) is 70.6 Å². The molecule has 0 amide bonds. The second kappa shape index (κ2) is 61.2. The van der Waals surface area contributed by atoms with E-state index in [1.165, 1.54) is 225 Å². The molecule has 0 rings (SSSR count). The van der Waals surface area contributed by atoms with Crippen LogP contribution in [0.2, 0.25) is 0 Å². The van der Waals surface area contributed by atoms with Crippen molar-refractivity contribution in [1.29, 1.82) is 0 Å². The third-order valence-electron chi connectivity index (χ3n) is 14.4. The SMILES string of the molecule is CCCC/C=C\C/C=C\CCCCCCCC(=O)OC(COC(=O)CCCCCCCCCCCCCCC)COC(=O)CCCCCCCCCCCCCCCCC/C=C\CCCCCCCCCC. The Morgan fingerprint density at radius 1 is 0.278 bits per heavy atom. The van der Waals surface area contributed by atoms with Crippen molar-refractivity contribution in [3.63, 3.8) is 0 Å². The maximum Gasteiger partial charge on any atom is 0.306 e. The Hall–Kier alpha value is -2.37. The number of hydrogen-bond donors (Lipinski definition) is 0. The molecule has 0 saturated carbocycles. The molecule has 6 nitrogen and oxygen atoms in total. The third kappa shape index (κ3) is 58.5. The molecule has 0 N–H and O–H groups in total. The zero-order valence-corrected chi connectivity index (χ0v) is 48.5. The molecular weight excluding hydrogens is 889 g/mol. The van der Waals surface area contributed by atoms with Gasteiger partial charge in [0.25, 0.3) is 0 Å². The first-order chi connectivity index (χ1) is 35.5. The summed E-state index contributed by atoms with van der Waals surface area (Å²) in [5, 5.41) is 0. The first kappa shape index (κ1) is 69.6. The van der Waals surface area contributed by atoms with Crippen molar-refractivity contribution < 1.29 is 28.6 Å². The molecule has 0 saturated heterocycles. The van der Waals surface area contributed by atoms with Crippen LogP contribution >= 0.6 is 0 Å². The van der Waals surface area contributed by atoms with E-state index in [1.807, 2.05) is 0 Å². The molecule has 0 aliphatic heterocycles. The molecule has 0 aliphatic rings. The van der Waals surface area contributed by atoms with Gasteiger partial charge in [0.05, 0.1) is 0 Å². The van der Waals surface area contributed by atoms with Crippen molar-refractivity contribution in [3.05, 3.63) is 36.5 Å². The highest BCUT2D eigenvalue weighted by Gasteiger charge is 2.19. The molecular formula is C66H122O6. The van der Waals surface area contributed by atoms with Gasteiger partial charge in [-0.3, -0.25) is 14.4 Å². The van der Waals surface area contributed by atoms with Gasteiger partial charge in [0.15, 0.2) is 6.10 Å². The van der Waals surface area contributed by atoms with Crippen LogP contribution in [-0.4, -0.2) is 37.2 Å². The van der Waals surface area contributed by atoms with Gasteiger partial charge in [-0.25, -0.2) is 0 Å². The van der Waals surface area contributed by atoms with E-state index in [0.29, 0.717) is 19.3 Å². The van der Waals surface area contributed by atoms with Crippen molar-refractivity contribution in [2.24, 2.45) is 0 Å². The third-order valence-corrected chi connectivity index (χ3v) is 14.4. The number of allylic oxidation sites excluding steroid dienone is 6. The zero-order chi connectivity index (χ0) is 52.2. The summed E-state index contributed by atoms with van der Waals surface area (Å²) < 4.78 is 16.9. The minimum atomic E-state index is -0.776. The van der Waals surface area contributed by atoms with Crippen LogP contribution in [0, 0.1) is 0 Å². The quantitative estimate of drug-likeness (QED) is 0.0261. The van der Waals surface area contributed by atoms with Crippen LogP contribution in [0.1, 0.15) is 348 Å². The summed E-state index contributed by atoms with van der Waals surface area (Å²) in [6, 6.07) is 0. The number of rotatable bonds is 59. The number of unbranched alkanes of at least 4 members (excludes halogenated alkanes) is 42. The monoisotopic (exact) mass is 1010 g/mol. The molecule has 1 unspecified atom stereocenters. The lowest BCUT2D eigenvalue weighted by molar-refractivity contribution is -0.167. The normalized spacial score (nSPS) is 12.2. The van der Waals surface area contributed by atoms with Crippen LogP contribution < -0.4 is 0 Å². The van der Waals surface area contributed by atoms with Crippen LogP contribution in [0.15, 0.2) is 36.5 Å². The van der Waals surface area contributed by atoms with E-state index < -0.39 is 6.10 Å². The minimum Gasteiger partial charge on any atom is -0.462 e. The van der Waals surface area contributed by atoms with Crippen LogP contribution in [0.3, 0.4) is 0 Å². The largest absolute Gasteiger partial charge is 0.462 e. The highest BCUT2D eigenvalue weighted by Crippen LogP contribution is 2.17. The van der Waals surface area contributed by atoms with Gasteiger partial charge in [-0.15, -0.1) is 0 Å². The topological polar surface area (TPSA) is 78.9 Å². The fraction of sp³-hybridized carbons (Fsp3) is 0.864. The second-order valence-electron chi connectivity index (χ2n) is 21.7. The Labute approximate surface area is 448 Å². The number of ether oxygens (including phenoxy) is 3. The van der Waals surface area contributed by atoms with Crippen molar-refractivity contribution in [3.8, 4) is 0 Å². The Morgan fingerprint density at radius 3 is 0.819 bits per heavy atom. The lowest BCUT2D eigenvalue weighted by atomic mass is 10.0. The van der Waals surface area contributed by atoms with Crippen molar-refractivity contribution in [1.82, 2.24) is 0 Å². The molecule has 0 aromatic heterocycles. The molecule has 0 radical (unpaired) electrons. The van der Waals surface area contributed by atoms with E-state index >= 15 is 0 Å². The molecule has 0 bridgehead atoms. The Balaban J connectivity index is 4.18. The van der Waals surface area contributed by atoms with Gasteiger partial charge in [-0.1, -0.05) is 295 Å². The highest BCUT2D eigenvalue weighted by atomic mass is 16.6. The number of esters is 3. The summed E-state index contributed by atoms with van der Waals surface area (Å²) in [5.41, 5.74) is 0. The van der Waals surface area contributed by atoms with Crippen molar-refractivity contribution >= 4 is 17.9 Å². The van der Waals surface area contributed by atoms with Crippen molar-refractivity contribution in [2.75, 3.05) is 13.2 Å². The number of carbonyl (C=O) groups is 3. The molecule has 6 heteroatoms. The minimum absolute atomic E-state index is 0.0733. The molecule has 0 spiro atoms. The van der Waals surface area contributed by atoms with Crippen LogP contribution in [0.4, 0.5) is 0 Å². The van der Waals surface area contributed by atoms with E-state index in [1.54, 1.807) is 0 Å². The van der Waals surface area contributed by atoms with Gasteiger partial charge in [0, 0.05) is 19.3 Å². The van der Waals surface area contributed by atoms with Crippen molar-refractivity contribution in [2.45, 2.75) is 354 Å². The molecule has 0 fully saturated rings. The Bertz CT molecular complexity index is 1210. The summed E-state index contributed by atoms with van der Waals surface area (Å²) in [4.78, 5) is 38.2. The first-order valence-electron chi connectivity index (χ1n) is 32.0. The van der Waals surface area contributed by atoms with E-state index in [-0.39, 0.29) is 31.1 Å². The summed E-state index contributed by atoms with van der Waals surface area (Å²) >= 11 is 0. The Morgan fingerprint density at radius 2 is 0.514 bits per heavy atom. The number of carbonyl (C=O) groups excluding carboxylic acids is 3. The Kier molecular flexibility index (Phi) is 59.2. The van der Waals surface area contributed by atoms with Gasteiger partial charge in [0.1, 0.15) is 13.2 Å². The fourth-order valence-electron chi connectivity index (χ4n) is 9.52. The summed E-state index contributed by atoms with van der Waals surface area (Å²) in [6.07, 6.45) is 74.5. The summed E-state index contributed by atoms with van der Waals surface area (Å²) in [5.74, 6) is -0.866. The smallest absolute Gasteiger partial charge is 0.306 e. The fourth-order valence-corrected chi connectivity index (χ4v) is 9.52. The maximum atomic E-state index is 12.9. The molecule has 1 atom stereocenters.